The number of halogens is 2. The molecule has 2 saturated carbocycles. The summed E-state index contributed by atoms with van der Waals surface area (Å²) in [5, 5.41) is 0. The van der Waals surface area contributed by atoms with Crippen LogP contribution in [0.4, 0.5) is 0 Å². The van der Waals surface area contributed by atoms with Gasteiger partial charge in [-0.2, -0.15) is 0 Å². The Balaban J connectivity index is 1.35. The van der Waals surface area contributed by atoms with Crippen molar-refractivity contribution in [2.45, 2.75) is 138 Å². The van der Waals surface area contributed by atoms with Crippen molar-refractivity contribution in [3.63, 3.8) is 0 Å². The first-order chi connectivity index (χ1) is 27.0. The Bertz CT molecular complexity index is 1980. The molecule has 0 amide bonds. The second-order valence-electron chi connectivity index (χ2n) is 18.8. The van der Waals surface area contributed by atoms with Crippen molar-refractivity contribution in [1.82, 2.24) is 0 Å². The number of rotatable bonds is 11. The number of benzene rings is 4. The van der Waals surface area contributed by atoms with Crippen molar-refractivity contribution in [2.24, 2.45) is 11.8 Å². The molecule has 4 aliphatic carbocycles. The molecule has 0 aromatic heterocycles. The summed E-state index contributed by atoms with van der Waals surface area (Å²) in [6.45, 7) is 14.2. The van der Waals surface area contributed by atoms with Crippen LogP contribution in [0, 0.1) is 25.7 Å². The van der Waals surface area contributed by atoms with E-state index in [0.29, 0.717) is 0 Å². The molecule has 0 spiro atoms. The third-order valence-electron chi connectivity index (χ3n) is 14.8. The zero-order chi connectivity index (χ0) is 39.2. The summed E-state index contributed by atoms with van der Waals surface area (Å²) < 4.78 is 0.269. The molecule has 295 valence electrons. The van der Waals surface area contributed by atoms with Gasteiger partial charge >= 0.3 is 351 Å². The topological polar surface area (TPSA) is 0 Å². The van der Waals surface area contributed by atoms with E-state index in [2.05, 4.69) is 126 Å². The predicted octanol–water partition coefficient (Wildman–Crippen LogP) is 16.3. The number of hydrogen-bond acceptors (Lipinski definition) is 0. The van der Waals surface area contributed by atoms with Gasteiger partial charge < -0.3 is 0 Å². The molecule has 56 heavy (non-hydrogen) atoms. The van der Waals surface area contributed by atoms with E-state index in [0.717, 1.165) is 37.5 Å². The van der Waals surface area contributed by atoms with E-state index in [4.69, 9.17) is 17.0 Å². The van der Waals surface area contributed by atoms with Gasteiger partial charge in [-0.15, -0.1) is 0 Å². The second-order valence-corrected chi connectivity index (χ2v) is 61.3. The van der Waals surface area contributed by atoms with E-state index in [9.17, 15) is 0 Å². The first-order valence-electron chi connectivity index (χ1n) is 22.4. The zero-order valence-electron chi connectivity index (χ0n) is 35.1. The van der Waals surface area contributed by atoms with E-state index in [1.807, 2.05) is 0 Å². The molecule has 2 atom stereocenters. The molecule has 4 aromatic rings. The van der Waals surface area contributed by atoms with E-state index >= 15 is 0 Å². The van der Waals surface area contributed by atoms with Crippen molar-refractivity contribution < 1.29 is 15.6 Å². The van der Waals surface area contributed by atoms with E-state index in [1.54, 1.807) is 11.1 Å². The van der Waals surface area contributed by atoms with Gasteiger partial charge in [-0.3, -0.25) is 0 Å². The molecule has 4 aromatic carbocycles. The Hall–Kier alpha value is -1.96. The fraction of sp³-hybridized carbons (Fsp3) is 0.462. The van der Waals surface area contributed by atoms with E-state index in [1.165, 1.54) is 131 Å². The Labute approximate surface area is 348 Å². The Morgan fingerprint density at radius 3 is 1.27 bits per heavy atom. The molecule has 4 heteroatoms. The predicted molar refractivity (Wildman–Crippen MR) is 246 cm³/mol. The van der Waals surface area contributed by atoms with Gasteiger partial charge in [-0.25, -0.2) is 0 Å². The fourth-order valence-electron chi connectivity index (χ4n) is 11.6. The molecule has 0 bridgehead atoms. The maximum absolute atomic E-state index is 9.16. The molecular weight excluding hydrogens is 815 g/mol. The van der Waals surface area contributed by atoms with Crippen LogP contribution in [0.5, 0.6) is 0 Å². The van der Waals surface area contributed by atoms with Crippen molar-refractivity contribution in [2.75, 3.05) is 0 Å². The summed E-state index contributed by atoms with van der Waals surface area (Å²) in [4.78, 5) is 0. The fourth-order valence-corrected chi connectivity index (χ4v) is 43.0. The van der Waals surface area contributed by atoms with Gasteiger partial charge in [-0.1, -0.05) is 0 Å². The van der Waals surface area contributed by atoms with Crippen molar-refractivity contribution in [3.8, 4) is 22.3 Å². The molecule has 8 rings (SSSR count). The van der Waals surface area contributed by atoms with Crippen molar-refractivity contribution >= 4 is 35.1 Å². The number of fused-ring (bicyclic) bond motifs is 2. The van der Waals surface area contributed by atoms with Crippen LogP contribution in [0.1, 0.15) is 143 Å². The molecule has 0 radical (unpaired) electrons. The van der Waals surface area contributed by atoms with Crippen LogP contribution in [0.25, 0.3) is 34.4 Å². The quantitative estimate of drug-likeness (QED) is 0.132. The zero-order valence-corrected chi connectivity index (χ0v) is 40.2. The molecule has 0 heterocycles. The average Bonchev–Trinajstić information content (AvgIpc) is 3.76. The number of allylic oxidation sites excluding steroid dienone is 2. The Morgan fingerprint density at radius 2 is 0.929 bits per heavy atom. The van der Waals surface area contributed by atoms with Gasteiger partial charge in [0, 0.05) is 0 Å². The first-order valence-corrected chi connectivity index (χ1v) is 38.8. The SMILES string of the molecule is CCc1ccc(-c2cc(C)cc3c2C=C(CC2CCCCC2)[CH]3[Zr]([Cl])([Cl])([CH]2C(CC3CCCCC3)=Cc3c(-c4ccc(CC)cc4)cc(C)cc32)[SiH](C)C)cc1. The number of hydrogen-bond donors (Lipinski definition) is 0. The molecule has 0 nitrogen and oxygen atoms in total. The minimum absolute atomic E-state index is 0.135. The third kappa shape index (κ3) is 7.55. The molecule has 0 aliphatic heterocycles. The number of aryl methyl sites for hydroxylation is 4. The van der Waals surface area contributed by atoms with Crippen LogP contribution < -0.4 is 0 Å². The summed E-state index contributed by atoms with van der Waals surface area (Å²) in [5.41, 5.74) is 19.7. The van der Waals surface area contributed by atoms with Crippen LogP contribution in [-0.2, 0) is 28.4 Å². The Kier molecular flexibility index (Phi) is 12.1. The molecule has 2 unspecified atom stereocenters. The summed E-state index contributed by atoms with van der Waals surface area (Å²) in [6.07, 6.45) is 23.2. The summed E-state index contributed by atoms with van der Waals surface area (Å²) in [5.74, 6) is -0.269. The van der Waals surface area contributed by atoms with Crippen molar-refractivity contribution in [1.29, 1.82) is 0 Å². The monoisotopic (exact) mass is 877 g/mol. The second kappa shape index (κ2) is 16.6. The van der Waals surface area contributed by atoms with Crippen LogP contribution >= 0.6 is 17.0 Å². The summed E-state index contributed by atoms with van der Waals surface area (Å²) in [7, 11) is 18.3. The van der Waals surface area contributed by atoms with Crippen LogP contribution in [0.15, 0.2) is 83.9 Å². The molecule has 0 N–H and O–H groups in total. The summed E-state index contributed by atoms with van der Waals surface area (Å²) >= 11 is -5.02. The molecule has 2 fully saturated rings. The van der Waals surface area contributed by atoms with Gasteiger partial charge in [0.05, 0.1) is 0 Å². The van der Waals surface area contributed by atoms with Gasteiger partial charge in [0.25, 0.3) is 0 Å². The molecular formula is C52H65Cl2SiZr. The van der Waals surface area contributed by atoms with E-state index in [-0.39, 0.29) is 7.25 Å². The minimum atomic E-state index is -5.02. The van der Waals surface area contributed by atoms with Gasteiger partial charge in [-0.05, 0) is 0 Å². The maximum atomic E-state index is 9.16. The van der Waals surface area contributed by atoms with Crippen molar-refractivity contribution in [3.05, 3.63) is 128 Å². The normalized spacial score (nSPS) is 21.1. The van der Waals surface area contributed by atoms with Crippen LogP contribution in [-0.4, -0.2) is 5.92 Å². The first kappa shape index (κ1) is 40.8. The van der Waals surface area contributed by atoms with Gasteiger partial charge in [0.15, 0.2) is 0 Å². The average molecular weight is 880 g/mol. The third-order valence-corrected chi connectivity index (χ3v) is 66.6. The molecule has 4 aliphatic rings. The molecule has 0 saturated heterocycles. The summed E-state index contributed by atoms with van der Waals surface area (Å²) in [6, 6.07) is 28.7. The van der Waals surface area contributed by atoms with Gasteiger partial charge in [0.1, 0.15) is 0 Å². The van der Waals surface area contributed by atoms with Gasteiger partial charge in [0.2, 0.25) is 0 Å². The van der Waals surface area contributed by atoms with Crippen LogP contribution in [0.2, 0.25) is 13.1 Å². The van der Waals surface area contributed by atoms with E-state index < -0.39 is 21.5 Å². The Morgan fingerprint density at radius 1 is 0.554 bits per heavy atom. The van der Waals surface area contributed by atoms with Crippen LogP contribution in [0.3, 0.4) is 0 Å². The standard InChI is InChI=1S/2C25H29.C2H7Si.2ClH.Zr/c2*1-3-19-9-11-22(12-10-19)24-14-18(2)13-23-16-21(17-25(23)24)15-20-7-5-4-6-8-20;1-3-2;;;/h2*9-14,16-17,20H,3-8,15H2,1-2H3;3H,1-2H3;2*1H;/q;;;;;+2/p-2.